The van der Waals surface area contributed by atoms with E-state index < -0.39 is 0 Å². The predicted molar refractivity (Wildman–Crippen MR) is 27.9 cm³/mol. The van der Waals surface area contributed by atoms with Crippen molar-refractivity contribution in [3.63, 3.8) is 0 Å². The Morgan fingerprint density at radius 1 is 1.75 bits per heavy atom. The lowest BCUT2D eigenvalue weighted by molar-refractivity contribution is 2.36. The smallest absolute Gasteiger partial charge is 0.0820 e. The Kier molecular flexibility index (Phi) is 4.07. The van der Waals surface area contributed by atoms with Gasteiger partial charge in [0, 0.05) is 0 Å². The van der Waals surface area contributed by atoms with Crippen LogP contribution in [-0.4, -0.2) is 14.9 Å². The molecule has 0 aromatic rings. The Labute approximate surface area is 33.4 Å². The van der Waals surface area contributed by atoms with Gasteiger partial charge in [-0.05, 0) is 6.26 Å². The molecule has 0 aromatic carbocycles. The first-order chi connectivity index (χ1) is 1.91. The van der Waals surface area contributed by atoms with E-state index in [-0.39, 0.29) is 0 Å². The second-order valence-electron chi connectivity index (χ2n) is 0.577. The van der Waals surface area contributed by atoms with Crippen LogP contribution in [0.2, 0.25) is 6.55 Å². The van der Waals surface area contributed by atoms with E-state index in [1.54, 1.807) is 0 Å². The van der Waals surface area contributed by atoms with Crippen molar-refractivity contribution < 1.29 is 0 Å². The van der Waals surface area contributed by atoms with Gasteiger partial charge < -0.3 is 0 Å². The molecule has 0 rings (SSSR count). The second kappa shape index (κ2) is 3.57. The molecule has 0 bridgehead atoms. The van der Waals surface area contributed by atoms with Gasteiger partial charge >= 0.3 is 0 Å². The van der Waals surface area contributed by atoms with E-state index in [1.807, 2.05) is 11.2 Å². The topological polar surface area (TPSA) is 0 Å². The van der Waals surface area contributed by atoms with Crippen LogP contribution in [0.25, 0.3) is 0 Å². The Bertz CT molecular complexity index is 8.00. The summed E-state index contributed by atoms with van der Waals surface area (Å²) in [6.45, 7) is 2.28. The highest BCUT2D eigenvalue weighted by atomic mass is 32.4. The maximum atomic E-state index is 2.28. The standard InChI is InChI=1S/C2H8SSi/c1-3-4-2/h4H2,1-2H3. The van der Waals surface area contributed by atoms with Crippen molar-refractivity contribution in [1.82, 2.24) is 0 Å². The second-order valence-corrected chi connectivity index (χ2v) is 5.20. The van der Waals surface area contributed by atoms with Crippen LogP contribution in [0, 0.1) is 0 Å². The van der Waals surface area contributed by atoms with Crippen LogP contribution in [0.3, 0.4) is 0 Å². The molecular formula is C2H8SSi. The maximum absolute atomic E-state index is 2.28. The van der Waals surface area contributed by atoms with E-state index in [0.29, 0.717) is 8.67 Å². The first-order valence-corrected chi connectivity index (χ1v) is 5.94. The average molecular weight is 92.2 g/mol. The highest BCUT2D eigenvalue weighted by Gasteiger charge is 1.57. The van der Waals surface area contributed by atoms with Crippen molar-refractivity contribution in [2.24, 2.45) is 0 Å². The summed E-state index contributed by atoms with van der Waals surface area (Å²) in [6.07, 6.45) is 2.16. The van der Waals surface area contributed by atoms with Gasteiger partial charge in [0.1, 0.15) is 0 Å². The number of hydrogen-bond donors (Lipinski definition) is 0. The van der Waals surface area contributed by atoms with Crippen LogP contribution in [0.15, 0.2) is 0 Å². The summed E-state index contributed by atoms with van der Waals surface area (Å²) in [4.78, 5) is 0. The molecule has 4 heavy (non-hydrogen) atoms. The SMILES string of the molecule is C[SiH2]SC. The summed E-state index contributed by atoms with van der Waals surface area (Å²) in [5.74, 6) is 0. The molecule has 0 aliphatic carbocycles. The highest BCUT2D eigenvalue weighted by Crippen LogP contribution is 1.80. The lowest BCUT2D eigenvalue weighted by atomic mass is 11.9. The Balaban J connectivity index is 1.97. The van der Waals surface area contributed by atoms with Crippen LogP contribution in [0.5, 0.6) is 0 Å². The van der Waals surface area contributed by atoms with E-state index in [4.69, 9.17) is 0 Å². The third-order valence-electron chi connectivity index (χ3n) is 0.289. The minimum absolute atomic E-state index is 0.341. The van der Waals surface area contributed by atoms with E-state index in [2.05, 4.69) is 12.8 Å². The van der Waals surface area contributed by atoms with Gasteiger partial charge in [-0.15, -0.1) is 0 Å². The van der Waals surface area contributed by atoms with Gasteiger partial charge in [-0.1, -0.05) is 6.55 Å². The lowest BCUT2D eigenvalue weighted by Crippen LogP contribution is -1.59. The highest BCUT2D eigenvalue weighted by molar-refractivity contribution is 8.21. The Morgan fingerprint density at radius 2 is 2.00 bits per heavy atom. The molecule has 0 N–H and O–H groups in total. The molecule has 0 amide bonds. The van der Waals surface area contributed by atoms with Crippen molar-refractivity contribution in [3.05, 3.63) is 0 Å². The van der Waals surface area contributed by atoms with Gasteiger partial charge in [0.2, 0.25) is 0 Å². The summed E-state index contributed by atoms with van der Waals surface area (Å²) in [6, 6.07) is 0. The molecule has 0 aliphatic heterocycles. The summed E-state index contributed by atoms with van der Waals surface area (Å²) in [5, 5.41) is 0. The monoisotopic (exact) mass is 92.0 g/mol. The molecule has 0 radical (unpaired) electrons. The van der Waals surface area contributed by atoms with Crippen LogP contribution < -0.4 is 0 Å². The van der Waals surface area contributed by atoms with E-state index in [0.717, 1.165) is 0 Å². The normalized spacial score (nSPS) is 10.5. The molecule has 0 heterocycles. The van der Waals surface area contributed by atoms with Crippen LogP contribution in [0.1, 0.15) is 0 Å². The Hall–Kier alpha value is 0.567. The summed E-state index contributed by atoms with van der Waals surface area (Å²) in [5.41, 5.74) is 0. The fourth-order valence-electron chi connectivity index (χ4n) is 0. The van der Waals surface area contributed by atoms with E-state index in [9.17, 15) is 0 Å². The zero-order valence-corrected chi connectivity index (χ0v) is 5.35. The molecule has 0 atom stereocenters. The maximum Gasteiger partial charge on any atom is 0.0820 e. The summed E-state index contributed by atoms with van der Waals surface area (Å²) >= 11 is 2.00. The van der Waals surface area contributed by atoms with Crippen LogP contribution >= 0.6 is 11.2 Å². The minimum atomic E-state index is 0.341. The molecule has 0 unspecified atom stereocenters. The molecule has 0 fully saturated rings. The molecule has 0 saturated carbocycles. The van der Waals surface area contributed by atoms with Gasteiger partial charge in [-0.2, -0.15) is 11.2 Å². The average Bonchev–Trinajstić information content (AvgIpc) is 1.37. The summed E-state index contributed by atoms with van der Waals surface area (Å²) < 4.78 is 0. The quantitative estimate of drug-likeness (QED) is 0.424. The van der Waals surface area contributed by atoms with Gasteiger partial charge in [0.25, 0.3) is 0 Å². The predicted octanol–water partition coefficient (Wildman–Crippen LogP) is 0.481. The van der Waals surface area contributed by atoms with E-state index in [1.165, 1.54) is 0 Å². The van der Waals surface area contributed by atoms with Gasteiger partial charge in [0.05, 0.1) is 8.67 Å². The fraction of sp³-hybridized carbons (Fsp3) is 1.00. The molecule has 0 saturated heterocycles. The van der Waals surface area contributed by atoms with Crippen LogP contribution in [-0.2, 0) is 0 Å². The van der Waals surface area contributed by atoms with Crippen molar-refractivity contribution >= 4 is 19.9 Å². The van der Waals surface area contributed by atoms with E-state index >= 15 is 0 Å². The van der Waals surface area contributed by atoms with Gasteiger partial charge in [-0.3, -0.25) is 0 Å². The fourth-order valence-corrected chi connectivity index (χ4v) is 0. The zero-order chi connectivity index (χ0) is 3.41. The molecular weight excluding hydrogens is 84.2 g/mol. The molecule has 0 aromatic heterocycles. The molecule has 0 aliphatic rings. The van der Waals surface area contributed by atoms with Crippen molar-refractivity contribution in [3.8, 4) is 0 Å². The molecule has 0 spiro atoms. The number of hydrogen-bond acceptors (Lipinski definition) is 1. The zero-order valence-electron chi connectivity index (χ0n) is 3.12. The first-order valence-electron chi connectivity index (χ1n) is 1.40. The van der Waals surface area contributed by atoms with Crippen molar-refractivity contribution in [2.75, 3.05) is 6.26 Å². The minimum Gasteiger partial charge on any atom is -0.197 e. The van der Waals surface area contributed by atoms with Crippen molar-refractivity contribution in [1.29, 1.82) is 0 Å². The molecule has 0 nitrogen and oxygen atoms in total. The third-order valence-corrected chi connectivity index (χ3v) is 2.60. The Morgan fingerprint density at radius 3 is 2.00 bits per heavy atom. The third kappa shape index (κ3) is 2.57. The van der Waals surface area contributed by atoms with Crippen molar-refractivity contribution in [2.45, 2.75) is 6.55 Å². The first kappa shape index (κ1) is 4.57. The van der Waals surface area contributed by atoms with Crippen LogP contribution in [0.4, 0.5) is 0 Å². The number of rotatable bonds is 1. The molecule has 26 valence electrons. The summed E-state index contributed by atoms with van der Waals surface area (Å²) in [7, 11) is 0.341. The van der Waals surface area contributed by atoms with Gasteiger partial charge in [-0.25, -0.2) is 0 Å². The largest absolute Gasteiger partial charge is 0.197 e. The lowest BCUT2D eigenvalue weighted by Gasteiger charge is -1.68. The van der Waals surface area contributed by atoms with Gasteiger partial charge in [0.15, 0.2) is 0 Å². The molecule has 2 heteroatoms.